The number of carbonyl (C=O) groups excluding carboxylic acids is 1. The molecule has 8 heteroatoms. The first-order valence-electron chi connectivity index (χ1n) is 10.3. The summed E-state index contributed by atoms with van der Waals surface area (Å²) in [4.78, 5) is 27.6. The summed E-state index contributed by atoms with van der Waals surface area (Å²) < 4.78 is 5.92. The first-order chi connectivity index (χ1) is 15.2. The highest BCUT2D eigenvalue weighted by molar-refractivity contribution is 7.09. The fourth-order valence-electron chi connectivity index (χ4n) is 3.47. The van der Waals surface area contributed by atoms with Gasteiger partial charge in [-0.25, -0.2) is 15.0 Å². The zero-order valence-electron chi connectivity index (χ0n) is 17.4. The highest BCUT2D eigenvalue weighted by Crippen LogP contribution is 2.21. The minimum Gasteiger partial charge on any atom is -0.487 e. The van der Waals surface area contributed by atoms with Crippen LogP contribution in [0.5, 0.6) is 5.75 Å². The molecular weight excluding hydrogens is 410 g/mol. The van der Waals surface area contributed by atoms with Crippen molar-refractivity contribution in [2.45, 2.75) is 32.4 Å². The summed E-state index contributed by atoms with van der Waals surface area (Å²) in [6, 6.07) is 9.65. The molecule has 160 valence electrons. The number of aromatic nitrogens is 3. The Labute approximate surface area is 185 Å². The Morgan fingerprint density at radius 2 is 2.00 bits per heavy atom. The van der Waals surface area contributed by atoms with Crippen LogP contribution in [0.4, 0.5) is 5.95 Å². The molecule has 1 aromatic carbocycles. The summed E-state index contributed by atoms with van der Waals surface area (Å²) in [5, 5.41) is 6.11. The van der Waals surface area contributed by atoms with Crippen molar-refractivity contribution in [2.24, 2.45) is 0 Å². The molecule has 0 saturated carbocycles. The molecule has 0 bridgehead atoms. The Hall–Kier alpha value is -3.26. The summed E-state index contributed by atoms with van der Waals surface area (Å²) >= 11 is 1.61. The number of anilines is 1. The fraction of sp³-hybridized carbons (Fsp3) is 0.304. The topological polar surface area (TPSA) is 80.2 Å². The Morgan fingerprint density at radius 3 is 2.74 bits per heavy atom. The van der Waals surface area contributed by atoms with Crippen LogP contribution in [-0.4, -0.2) is 40.0 Å². The van der Waals surface area contributed by atoms with E-state index in [-0.39, 0.29) is 11.9 Å². The quantitative estimate of drug-likeness (QED) is 0.571. The van der Waals surface area contributed by atoms with E-state index in [0.717, 1.165) is 53.9 Å². The van der Waals surface area contributed by atoms with E-state index in [1.165, 1.54) is 0 Å². The van der Waals surface area contributed by atoms with Gasteiger partial charge in [0.05, 0.1) is 10.7 Å². The van der Waals surface area contributed by atoms with Crippen LogP contribution in [0.15, 0.2) is 54.2 Å². The van der Waals surface area contributed by atoms with Gasteiger partial charge in [0.25, 0.3) is 0 Å². The molecule has 3 aromatic rings. The Morgan fingerprint density at radius 1 is 1.23 bits per heavy atom. The minimum absolute atomic E-state index is 0.0978. The van der Waals surface area contributed by atoms with Gasteiger partial charge in [0, 0.05) is 48.5 Å². The molecule has 1 amide bonds. The number of rotatable bonds is 7. The predicted molar refractivity (Wildman–Crippen MR) is 122 cm³/mol. The Bertz CT molecular complexity index is 1030. The average Bonchev–Trinajstić information content (AvgIpc) is 3.23. The van der Waals surface area contributed by atoms with Crippen molar-refractivity contribution >= 4 is 29.3 Å². The van der Waals surface area contributed by atoms with Crippen LogP contribution in [0.25, 0.3) is 6.08 Å². The van der Waals surface area contributed by atoms with Gasteiger partial charge in [-0.1, -0.05) is 18.2 Å². The number of hydrogen-bond donors (Lipinski definition) is 1. The lowest BCUT2D eigenvalue weighted by Gasteiger charge is -2.32. The number of carbonyl (C=O) groups is 1. The van der Waals surface area contributed by atoms with Crippen molar-refractivity contribution in [1.82, 2.24) is 20.3 Å². The van der Waals surface area contributed by atoms with E-state index in [4.69, 9.17) is 4.74 Å². The molecule has 0 unspecified atom stereocenters. The standard InChI is InChI=1S/C23H25N5O2S/c1-17-26-20(16-31-17)15-30-21-6-3-2-5-18(21)7-8-22(29)27-19-9-13-28(14-10-19)23-24-11-4-12-25-23/h2-8,11-12,16,19H,9-10,13-15H2,1H3,(H,27,29)/b8-7+. The fourth-order valence-corrected chi connectivity index (χ4v) is 4.07. The van der Waals surface area contributed by atoms with Gasteiger partial charge in [0.2, 0.25) is 11.9 Å². The van der Waals surface area contributed by atoms with Crippen molar-refractivity contribution in [1.29, 1.82) is 0 Å². The third kappa shape index (κ3) is 5.88. The van der Waals surface area contributed by atoms with Crippen LogP contribution in [0, 0.1) is 6.92 Å². The van der Waals surface area contributed by atoms with Gasteiger partial charge in [0.15, 0.2) is 0 Å². The van der Waals surface area contributed by atoms with Crippen LogP contribution in [-0.2, 0) is 11.4 Å². The molecule has 3 heterocycles. The van der Waals surface area contributed by atoms with Crippen molar-refractivity contribution in [3.05, 3.63) is 70.4 Å². The highest BCUT2D eigenvalue weighted by Gasteiger charge is 2.21. The van der Waals surface area contributed by atoms with Gasteiger partial charge >= 0.3 is 0 Å². The van der Waals surface area contributed by atoms with E-state index in [0.29, 0.717) is 6.61 Å². The molecule has 1 fully saturated rings. The SMILES string of the molecule is Cc1nc(COc2ccccc2/C=C/C(=O)NC2CCN(c3ncccn3)CC2)cs1. The maximum absolute atomic E-state index is 12.4. The van der Waals surface area contributed by atoms with E-state index < -0.39 is 0 Å². The van der Waals surface area contributed by atoms with Gasteiger partial charge in [-0.3, -0.25) is 4.79 Å². The van der Waals surface area contributed by atoms with E-state index in [9.17, 15) is 4.79 Å². The van der Waals surface area contributed by atoms with Gasteiger partial charge in [0.1, 0.15) is 12.4 Å². The number of para-hydroxylation sites is 1. The van der Waals surface area contributed by atoms with Crippen LogP contribution < -0.4 is 15.0 Å². The van der Waals surface area contributed by atoms with Crippen LogP contribution in [0.1, 0.15) is 29.1 Å². The van der Waals surface area contributed by atoms with Crippen LogP contribution >= 0.6 is 11.3 Å². The summed E-state index contributed by atoms with van der Waals surface area (Å²) in [6.45, 7) is 4.03. The molecule has 0 spiro atoms. The number of aryl methyl sites for hydroxylation is 1. The molecule has 1 saturated heterocycles. The largest absolute Gasteiger partial charge is 0.487 e. The second-order valence-corrected chi connectivity index (χ2v) is 8.40. The van der Waals surface area contributed by atoms with Crippen LogP contribution in [0.3, 0.4) is 0 Å². The van der Waals surface area contributed by atoms with Crippen LogP contribution in [0.2, 0.25) is 0 Å². The lowest BCUT2D eigenvalue weighted by Crippen LogP contribution is -2.44. The van der Waals surface area contributed by atoms with E-state index in [2.05, 4.69) is 25.2 Å². The number of ether oxygens (including phenoxy) is 1. The molecule has 1 aliphatic heterocycles. The molecule has 1 aliphatic rings. The highest BCUT2D eigenvalue weighted by atomic mass is 32.1. The van der Waals surface area contributed by atoms with E-state index in [1.807, 2.05) is 42.6 Å². The summed E-state index contributed by atoms with van der Waals surface area (Å²) in [5.74, 6) is 1.38. The summed E-state index contributed by atoms with van der Waals surface area (Å²) in [5.41, 5.74) is 1.77. The molecule has 7 nitrogen and oxygen atoms in total. The number of benzene rings is 1. The number of nitrogens with zero attached hydrogens (tertiary/aromatic N) is 4. The van der Waals surface area contributed by atoms with Crippen molar-refractivity contribution in [3.63, 3.8) is 0 Å². The first-order valence-corrected chi connectivity index (χ1v) is 11.2. The summed E-state index contributed by atoms with van der Waals surface area (Å²) in [7, 11) is 0. The molecule has 4 rings (SSSR count). The third-order valence-corrected chi connectivity index (χ3v) is 5.87. The number of hydrogen-bond acceptors (Lipinski definition) is 7. The second kappa shape index (κ2) is 10.2. The lowest BCUT2D eigenvalue weighted by atomic mass is 10.1. The summed E-state index contributed by atoms with van der Waals surface area (Å²) in [6.07, 6.45) is 8.60. The number of thiazole rings is 1. The molecule has 0 radical (unpaired) electrons. The maximum atomic E-state index is 12.4. The normalized spacial score (nSPS) is 14.7. The third-order valence-electron chi connectivity index (χ3n) is 5.05. The van der Waals surface area contributed by atoms with Crippen molar-refractivity contribution in [3.8, 4) is 5.75 Å². The molecule has 31 heavy (non-hydrogen) atoms. The first kappa shape index (κ1) is 21.0. The van der Waals surface area contributed by atoms with Gasteiger partial charge in [-0.15, -0.1) is 11.3 Å². The van der Waals surface area contributed by atoms with Gasteiger partial charge < -0.3 is 15.0 Å². The zero-order chi connectivity index (χ0) is 21.5. The number of nitrogens with one attached hydrogen (secondary N) is 1. The number of amides is 1. The van der Waals surface area contributed by atoms with Crippen molar-refractivity contribution < 1.29 is 9.53 Å². The van der Waals surface area contributed by atoms with E-state index in [1.54, 1.807) is 35.9 Å². The molecule has 0 aliphatic carbocycles. The minimum atomic E-state index is -0.0978. The predicted octanol–water partition coefficient (Wildman–Crippen LogP) is 3.62. The molecule has 0 atom stereocenters. The maximum Gasteiger partial charge on any atom is 0.244 e. The second-order valence-electron chi connectivity index (χ2n) is 7.34. The molecule has 2 aromatic heterocycles. The van der Waals surface area contributed by atoms with Crippen molar-refractivity contribution in [2.75, 3.05) is 18.0 Å². The Kier molecular flexibility index (Phi) is 6.89. The van der Waals surface area contributed by atoms with Gasteiger partial charge in [-0.05, 0) is 38.0 Å². The molecular formula is C23H25N5O2S. The average molecular weight is 436 g/mol. The molecule has 1 N–H and O–H groups in total. The Balaban J connectivity index is 1.28. The van der Waals surface area contributed by atoms with Gasteiger partial charge in [-0.2, -0.15) is 0 Å². The monoisotopic (exact) mass is 435 g/mol. The number of piperidine rings is 1. The van der Waals surface area contributed by atoms with E-state index >= 15 is 0 Å². The zero-order valence-corrected chi connectivity index (χ0v) is 18.2. The lowest BCUT2D eigenvalue weighted by molar-refractivity contribution is -0.117. The smallest absolute Gasteiger partial charge is 0.244 e.